The third kappa shape index (κ3) is 5.63. The van der Waals surface area contributed by atoms with Crippen molar-refractivity contribution in [1.82, 2.24) is 9.99 Å². The summed E-state index contributed by atoms with van der Waals surface area (Å²) in [6.45, 7) is 3.73. The summed E-state index contributed by atoms with van der Waals surface area (Å²) in [5.74, 6) is 2.64. The molecule has 3 aromatic rings. The van der Waals surface area contributed by atoms with Crippen LogP contribution in [0.15, 0.2) is 59.7 Å². The molecule has 4 rings (SSSR count). The Kier molecular flexibility index (Phi) is 7.59. The van der Waals surface area contributed by atoms with Crippen LogP contribution in [-0.2, 0) is 4.79 Å². The lowest BCUT2D eigenvalue weighted by Crippen LogP contribution is -2.24. The van der Waals surface area contributed by atoms with Crippen LogP contribution in [-0.4, -0.2) is 39.7 Å². The molecule has 0 saturated carbocycles. The second-order valence-electron chi connectivity index (χ2n) is 7.66. The van der Waals surface area contributed by atoms with Crippen LogP contribution >= 0.6 is 23.5 Å². The number of ether oxygens (including phenoxy) is 1. The Hall–Kier alpha value is -3.24. The molecule has 0 atom stereocenters. The molecule has 1 N–H and O–H groups in total. The number of nitrogens with zero attached hydrogens (tertiary/aromatic N) is 3. The molecule has 1 aliphatic heterocycles. The van der Waals surface area contributed by atoms with Crippen molar-refractivity contribution in [3.8, 4) is 11.4 Å². The van der Waals surface area contributed by atoms with E-state index in [1.165, 1.54) is 29.2 Å². The van der Waals surface area contributed by atoms with E-state index in [2.05, 4.69) is 10.5 Å². The number of carbonyl (C=O) groups is 1. The van der Waals surface area contributed by atoms with Gasteiger partial charge in [-0.1, -0.05) is 12.1 Å². The molecule has 0 bridgehead atoms. The van der Waals surface area contributed by atoms with E-state index in [1.54, 1.807) is 18.3 Å². The molecule has 176 valence electrons. The van der Waals surface area contributed by atoms with Gasteiger partial charge in [0.15, 0.2) is 6.61 Å². The van der Waals surface area contributed by atoms with Gasteiger partial charge in [0.1, 0.15) is 5.75 Å². The SMILES string of the molecule is Cc1cc(/C=N/NC(=O)COc2ccc(C3SCCS3)cc2)c(C)n1-c1ccc([N+](=O)[O-])cc1. The smallest absolute Gasteiger partial charge is 0.277 e. The van der Waals surface area contributed by atoms with E-state index in [4.69, 9.17) is 4.74 Å². The second-order valence-corrected chi connectivity index (χ2v) is 10.4. The summed E-state index contributed by atoms with van der Waals surface area (Å²) in [7, 11) is 0. The molecule has 0 aliphatic carbocycles. The Bertz CT molecular complexity index is 1200. The van der Waals surface area contributed by atoms with Crippen molar-refractivity contribution in [2.45, 2.75) is 18.4 Å². The molecular weight excluding hydrogens is 472 g/mol. The number of amides is 1. The number of hydrogen-bond acceptors (Lipinski definition) is 7. The van der Waals surface area contributed by atoms with Crippen LogP contribution in [0.4, 0.5) is 5.69 Å². The highest BCUT2D eigenvalue weighted by Gasteiger charge is 2.18. The van der Waals surface area contributed by atoms with Crippen molar-refractivity contribution in [2.24, 2.45) is 5.10 Å². The topological polar surface area (TPSA) is 98.8 Å². The maximum atomic E-state index is 12.1. The van der Waals surface area contributed by atoms with Crippen molar-refractivity contribution in [3.63, 3.8) is 0 Å². The minimum Gasteiger partial charge on any atom is -0.484 e. The fourth-order valence-electron chi connectivity index (χ4n) is 3.67. The minimum absolute atomic E-state index is 0.0423. The van der Waals surface area contributed by atoms with Crippen molar-refractivity contribution in [3.05, 3.63) is 87.2 Å². The van der Waals surface area contributed by atoms with E-state index in [0.717, 1.165) is 22.6 Å². The number of benzene rings is 2. The number of thioether (sulfide) groups is 2. The summed E-state index contributed by atoms with van der Waals surface area (Å²) in [5.41, 5.74) is 7.28. The number of nitro groups is 1. The number of aromatic nitrogens is 1. The zero-order chi connectivity index (χ0) is 24.1. The summed E-state index contributed by atoms with van der Waals surface area (Å²) in [6, 6.07) is 16.2. The van der Waals surface area contributed by atoms with Gasteiger partial charge in [0.25, 0.3) is 11.6 Å². The average Bonchev–Trinajstić information content (AvgIpc) is 3.46. The molecule has 0 radical (unpaired) electrons. The van der Waals surface area contributed by atoms with Crippen molar-refractivity contribution < 1.29 is 14.5 Å². The lowest BCUT2D eigenvalue weighted by molar-refractivity contribution is -0.384. The summed E-state index contributed by atoms with van der Waals surface area (Å²) >= 11 is 3.89. The van der Waals surface area contributed by atoms with Crippen LogP contribution in [0.3, 0.4) is 0 Å². The average molecular weight is 497 g/mol. The van der Waals surface area contributed by atoms with E-state index in [-0.39, 0.29) is 18.2 Å². The third-order valence-electron chi connectivity index (χ3n) is 5.33. The first-order valence-corrected chi connectivity index (χ1v) is 12.7. The monoisotopic (exact) mass is 496 g/mol. The molecule has 8 nitrogen and oxygen atoms in total. The van der Waals surface area contributed by atoms with Gasteiger partial charge in [0, 0.05) is 46.3 Å². The van der Waals surface area contributed by atoms with Crippen LogP contribution < -0.4 is 10.2 Å². The van der Waals surface area contributed by atoms with Crippen LogP contribution in [0.25, 0.3) is 5.69 Å². The second kappa shape index (κ2) is 10.8. The number of carbonyl (C=O) groups excluding carboxylic acids is 1. The number of nitrogens with one attached hydrogen (secondary N) is 1. The predicted octanol–water partition coefficient (Wildman–Crippen LogP) is 5.01. The van der Waals surface area contributed by atoms with Gasteiger partial charge in [-0.2, -0.15) is 5.10 Å². The Morgan fingerprint density at radius 2 is 1.85 bits per heavy atom. The highest BCUT2D eigenvalue weighted by molar-refractivity contribution is 8.19. The van der Waals surface area contributed by atoms with E-state index in [1.807, 2.05) is 72.3 Å². The molecule has 2 aromatic carbocycles. The van der Waals surface area contributed by atoms with Gasteiger partial charge < -0.3 is 9.30 Å². The maximum absolute atomic E-state index is 12.1. The first-order chi connectivity index (χ1) is 16.4. The lowest BCUT2D eigenvalue weighted by Gasteiger charge is -2.10. The Morgan fingerprint density at radius 3 is 2.50 bits per heavy atom. The van der Waals surface area contributed by atoms with Gasteiger partial charge in [-0.25, -0.2) is 5.43 Å². The van der Waals surface area contributed by atoms with Crippen LogP contribution in [0.2, 0.25) is 0 Å². The van der Waals surface area contributed by atoms with Gasteiger partial charge in [-0.05, 0) is 49.7 Å². The summed E-state index contributed by atoms with van der Waals surface area (Å²) < 4.78 is 8.02. The zero-order valence-corrected chi connectivity index (χ0v) is 20.4. The number of non-ortho nitro benzene ring substituents is 1. The van der Waals surface area contributed by atoms with Crippen molar-refractivity contribution in [1.29, 1.82) is 0 Å². The molecule has 10 heteroatoms. The van der Waals surface area contributed by atoms with Gasteiger partial charge in [0.05, 0.1) is 15.7 Å². The number of rotatable bonds is 8. The Morgan fingerprint density at radius 1 is 1.18 bits per heavy atom. The number of hydrogen-bond donors (Lipinski definition) is 1. The van der Waals surface area contributed by atoms with Crippen LogP contribution in [0, 0.1) is 24.0 Å². The summed E-state index contributed by atoms with van der Waals surface area (Å²) in [6.07, 6.45) is 1.58. The molecule has 1 aromatic heterocycles. The van der Waals surface area contributed by atoms with Gasteiger partial charge >= 0.3 is 0 Å². The molecule has 1 amide bonds. The molecule has 1 aliphatic rings. The minimum atomic E-state index is -0.423. The molecule has 1 fully saturated rings. The first-order valence-electron chi connectivity index (χ1n) is 10.6. The van der Waals surface area contributed by atoms with Crippen LogP contribution in [0.5, 0.6) is 5.75 Å². The fourth-order valence-corrected chi connectivity index (χ4v) is 6.53. The van der Waals surface area contributed by atoms with Gasteiger partial charge in [-0.3, -0.25) is 14.9 Å². The lowest BCUT2D eigenvalue weighted by atomic mass is 10.2. The normalized spacial score (nSPS) is 13.9. The van der Waals surface area contributed by atoms with E-state index in [0.29, 0.717) is 10.3 Å². The Balaban J connectivity index is 1.32. The predicted molar refractivity (Wildman–Crippen MR) is 137 cm³/mol. The zero-order valence-electron chi connectivity index (χ0n) is 18.8. The number of hydrazone groups is 1. The van der Waals surface area contributed by atoms with Crippen molar-refractivity contribution >= 4 is 41.3 Å². The molecule has 2 heterocycles. The largest absolute Gasteiger partial charge is 0.484 e. The van der Waals surface area contributed by atoms with E-state index in [9.17, 15) is 14.9 Å². The van der Waals surface area contributed by atoms with E-state index >= 15 is 0 Å². The summed E-state index contributed by atoms with van der Waals surface area (Å²) in [4.78, 5) is 22.6. The third-order valence-corrected chi connectivity index (χ3v) is 8.43. The molecule has 1 saturated heterocycles. The van der Waals surface area contributed by atoms with Gasteiger partial charge in [0.2, 0.25) is 0 Å². The highest BCUT2D eigenvalue weighted by atomic mass is 32.2. The standard InChI is InChI=1S/C24H24N4O4S2/c1-16-13-19(17(2)27(16)20-5-7-21(8-6-20)28(30)31)14-25-26-23(29)15-32-22-9-3-18(4-10-22)24-33-11-12-34-24/h3-10,13-14,24H,11-12,15H2,1-2H3,(H,26,29)/b25-14+. The molecule has 0 unspecified atom stereocenters. The maximum Gasteiger partial charge on any atom is 0.277 e. The van der Waals surface area contributed by atoms with E-state index < -0.39 is 4.92 Å². The van der Waals surface area contributed by atoms with Crippen LogP contribution in [0.1, 0.15) is 27.1 Å². The quantitative estimate of drug-likeness (QED) is 0.267. The molecule has 0 spiro atoms. The molecule has 34 heavy (non-hydrogen) atoms. The first kappa shape index (κ1) is 23.9. The molecular formula is C24H24N4O4S2. The van der Waals surface area contributed by atoms with Crippen molar-refractivity contribution in [2.75, 3.05) is 18.1 Å². The fraction of sp³-hybridized carbons (Fsp3) is 0.250. The number of aryl methyl sites for hydroxylation is 1. The Labute approximate surface area is 205 Å². The van der Waals surface area contributed by atoms with Gasteiger partial charge in [-0.15, -0.1) is 23.5 Å². The number of nitro benzene ring substituents is 1. The highest BCUT2D eigenvalue weighted by Crippen LogP contribution is 2.45. The summed E-state index contributed by atoms with van der Waals surface area (Å²) in [5, 5.41) is 14.9.